The minimum absolute atomic E-state index is 0.247. The van der Waals surface area contributed by atoms with Gasteiger partial charge in [-0.05, 0) is 61.3 Å². The molecule has 2 heterocycles. The van der Waals surface area contributed by atoms with Crippen LogP contribution in [0.15, 0.2) is 54.6 Å². The SMILES string of the molecule is CCCOC(=O)c1c(NC(=O)c2cc(-c3ccc(CCC)cc3)nc3ccccc23)sc2c1CCC(C)C2. The number of hydrogen-bond donors (Lipinski definition) is 1. The van der Waals surface area contributed by atoms with E-state index >= 15 is 0 Å². The number of ether oxygens (including phenoxy) is 1. The number of aryl methyl sites for hydroxylation is 1. The summed E-state index contributed by atoms with van der Waals surface area (Å²) in [7, 11) is 0. The number of esters is 1. The number of nitrogens with zero attached hydrogens (tertiary/aromatic N) is 1. The van der Waals surface area contributed by atoms with Gasteiger partial charge in [0.2, 0.25) is 0 Å². The van der Waals surface area contributed by atoms with Crippen LogP contribution >= 0.6 is 11.3 Å². The van der Waals surface area contributed by atoms with Crippen LogP contribution < -0.4 is 5.32 Å². The molecule has 5 nitrogen and oxygen atoms in total. The first kappa shape index (κ1) is 26.1. The summed E-state index contributed by atoms with van der Waals surface area (Å²) < 4.78 is 5.54. The highest BCUT2D eigenvalue weighted by atomic mass is 32.1. The topological polar surface area (TPSA) is 68.3 Å². The third-order valence-electron chi connectivity index (χ3n) is 7.13. The molecule has 6 heteroatoms. The lowest BCUT2D eigenvalue weighted by Gasteiger charge is -2.18. The van der Waals surface area contributed by atoms with E-state index < -0.39 is 0 Å². The maximum absolute atomic E-state index is 13.8. The van der Waals surface area contributed by atoms with E-state index in [1.165, 1.54) is 21.8 Å². The largest absolute Gasteiger partial charge is 0.462 e. The van der Waals surface area contributed by atoms with Gasteiger partial charge in [0.1, 0.15) is 5.00 Å². The van der Waals surface area contributed by atoms with Crippen molar-refractivity contribution in [1.82, 2.24) is 4.98 Å². The van der Waals surface area contributed by atoms with E-state index in [1.807, 2.05) is 37.3 Å². The predicted octanol–water partition coefficient (Wildman–Crippen LogP) is 7.86. The van der Waals surface area contributed by atoms with Crippen LogP contribution in [0.4, 0.5) is 5.00 Å². The van der Waals surface area contributed by atoms with Crippen LogP contribution in [0.2, 0.25) is 0 Å². The van der Waals surface area contributed by atoms with Gasteiger partial charge in [0.25, 0.3) is 5.91 Å². The molecule has 2 aromatic carbocycles. The van der Waals surface area contributed by atoms with Crippen LogP contribution in [-0.4, -0.2) is 23.5 Å². The molecule has 1 N–H and O–H groups in total. The van der Waals surface area contributed by atoms with Crippen molar-refractivity contribution in [3.63, 3.8) is 0 Å². The van der Waals surface area contributed by atoms with Gasteiger partial charge < -0.3 is 10.1 Å². The summed E-state index contributed by atoms with van der Waals surface area (Å²) in [6.07, 6.45) is 5.65. The highest BCUT2D eigenvalue weighted by Gasteiger charge is 2.29. The molecule has 5 rings (SSSR count). The number of aromatic nitrogens is 1. The van der Waals surface area contributed by atoms with Crippen molar-refractivity contribution in [1.29, 1.82) is 0 Å². The fourth-order valence-corrected chi connectivity index (χ4v) is 6.53. The molecule has 196 valence electrons. The molecule has 1 aliphatic rings. The van der Waals surface area contributed by atoms with Crippen molar-refractivity contribution >= 4 is 39.1 Å². The number of rotatable bonds is 8. The van der Waals surface area contributed by atoms with Gasteiger partial charge >= 0.3 is 5.97 Å². The molecule has 2 aromatic heterocycles. The molecular formula is C32H34N2O3S. The minimum Gasteiger partial charge on any atom is -0.462 e. The van der Waals surface area contributed by atoms with Crippen LogP contribution in [-0.2, 0) is 24.0 Å². The molecule has 0 radical (unpaired) electrons. The van der Waals surface area contributed by atoms with Crippen LogP contribution in [0.5, 0.6) is 0 Å². The first-order valence-corrected chi connectivity index (χ1v) is 14.4. The third-order valence-corrected chi connectivity index (χ3v) is 8.30. The van der Waals surface area contributed by atoms with E-state index in [9.17, 15) is 9.59 Å². The zero-order chi connectivity index (χ0) is 26.6. The number of thiophene rings is 1. The number of fused-ring (bicyclic) bond motifs is 2. The quantitative estimate of drug-likeness (QED) is 0.237. The molecule has 1 amide bonds. The number of pyridine rings is 1. The molecule has 0 bridgehead atoms. The Morgan fingerprint density at radius 1 is 1.08 bits per heavy atom. The second-order valence-electron chi connectivity index (χ2n) is 10.2. The number of hydrogen-bond acceptors (Lipinski definition) is 5. The van der Waals surface area contributed by atoms with Crippen molar-refractivity contribution in [3.05, 3.63) is 81.7 Å². The Balaban J connectivity index is 1.53. The Morgan fingerprint density at radius 3 is 2.63 bits per heavy atom. The van der Waals surface area contributed by atoms with E-state index in [4.69, 9.17) is 9.72 Å². The fraction of sp³-hybridized carbons (Fsp3) is 0.344. The molecule has 0 aliphatic heterocycles. The van der Waals surface area contributed by atoms with E-state index in [1.54, 1.807) is 0 Å². The average molecular weight is 527 g/mol. The molecule has 1 unspecified atom stereocenters. The zero-order valence-corrected chi connectivity index (χ0v) is 23.1. The Bertz CT molecular complexity index is 1470. The molecular weight excluding hydrogens is 492 g/mol. The summed E-state index contributed by atoms with van der Waals surface area (Å²) in [5.41, 5.74) is 5.87. The lowest BCUT2D eigenvalue weighted by Crippen LogP contribution is -2.17. The van der Waals surface area contributed by atoms with E-state index in [0.29, 0.717) is 28.7 Å². The first-order chi connectivity index (χ1) is 18.5. The normalized spacial score (nSPS) is 14.8. The second kappa shape index (κ2) is 11.5. The lowest BCUT2D eigenvalue weighted by atomic mass is 9.88. The number of para-hydroxylation sites is 1. The summed E-state index contributed by atoms with van der Waals surface area (Å²) >= 11 is 1.51. The molecule has 0 saturated carbocycles. The number of anilines is 1. The average Bonchev–Trinajstić information content (AvgIpc) is 3.28. The highest BCUT2D eigenvalue weighted by molar-refractivity contribution is 7.17. The molecule has 1 atom stereocenters. The zero-order valence-electron chi connectivity index (χ0n) is 22.3. The summed E-state index contributed by atoms with van der Waals surface area (Å²) in [6, 6.07) is 17.9. The van der Waals surface area contributed by atoms with Crippen LogP contribution in [0, 0.1) is 5.92 Å². The Kier molecular flexibility index (Phi) is 7.89. The van der Waals surface area contributed by atoms with Crippen molar-refractivity contribution in [2.75, 3.05) is 11.9 Å². The van der Waals surface area contributed by atoms with Crippen LogP contribution in [0.3, 0.4) is 0 Å². The molecule has 0 spiro atoms. The van der Waals surface area contributed by atoms with Gasteiger partial charge in [0, 0.05) is 15.8 Å². The smallest absolute Gasteiger partial charge is 0.341 e. The number of nitrogens with one attached hydrogen (secondary N) is 1. The number of amides is 1. The van der Waals surface area contributed by atoms with Gasteiger partial charge in [-0.25, -0.2) is 9.78 Å². The number of benzene rings is 2. The van der Waals surface area contributed by atoms with E-state index in [2.05, 4.69) is 43.4 Å². The van der Waals surface area contributed by atoms with Gasteiger partial charge in [-0.15, -0.1) is 11.3 Å². The first-order valence-electron chi connectivity index (χ1n) is 13.6. The Labute approximate surface area is 228 Å². The predicted molar refractivity (Wildman–Crippen MR) is 155 cm³/mol. The minimum atomic E-state index is -0.346. The van der Waals surface area contributed by atoms with Crippen molar-refractivity contribution in [2.45, 2.75) is 59.3 Å². The number of carbonyl (C=O) groups excluding carboxylic acids is 2. The standard InChI is InChI=1S/C32H34N2O3S/c1-4-8-21-12-14-22(15-13-21)27-19-25(23-9-6-7-10-26(23)33-27)30(35)34-31-29(32(36)37-17-5-2)24-16-11-20(3)18-28(24)38-31/h6-7,9-10,12-15,19-20H,4-5,8,11,16-18H2,1-3H3,(H,34,35). The maximum Gasteiger partial charge on any atom is 0.341 e. The van der Waals surface area contributed by atoms with Crippen LogP contribution in [0.1, 0.15) is 76.8 Å². The monoisotopic (exact) mass is 526 g/mol. The van der Waals surface area contributed by atoms with E-state index in [-0.39, 0.29) is 11.9 Å². The molecule has 38 heavy (non-hydrogen) atoms. The van der Waals surface area contributed by atoms with E-state index in [0.717, 1.165) is 66.2 Å². The Morgan fingerprint density at radius 2 is 1.87 bits per heavy atom. The van der Waals surface area contributed by atoms with Crippen LogP contribution in [0.25, 0.3) is 22.2 Å². The summed E-state index contributed by atoms with van der Waals surface area (Å²) in [6.45, 7) is 6.74. The second-order valence-corrected chi connectivity index (χ2v) is 11.3. The molecule has 1 aliphatic carbocycles. The summed E-state index contributed by atoms with van der Waals surface area (Å²) in [4.78, 5) is 33.0. The highest BCUT2D eigenvalue weighted by Crippen LogP contribution is 2.40. The van der Waals surface area contributed by atoms with Gasteiger partial charge in [-0.3, -0.25) is 4.79 Å². The molecule has 0 fully saturated rings. The van der Waals surface area contributed by atoms with Gasteiger partial charge in [-0.1, -0.05) is 69.7 Å². The van der Waals surface area contributed by atoms with Crippen molar-refractivity contribution in [3.8, 4) is 11.3 Å². The lowest BCUT2D eigenvalue weighted by molar-refractivity contribution is 0.0505. The molecule has 4 aromatic rings. The maximum atomic E-state index is 13.8. The summed E-state index contributed by atoms with van der Waals surface area (Å²) in [5, 5.41) is 4.47. The van der Waals surface area contributed by atoms with Gasteiger partial charge in [0.05, 0.1) is 28.9 Å². The van der Waals surface area contributed by atoms with Gasteiger partial charge in [-0.2, -0.15) is 0 Å². The van der Waals surface area contributed by atoms with Gasteiger partial charge in [0.15, 0.2) is 0 Å². The third kappa shape index (κ3) is 5.37. The number of carbonyl (C=O) groups is 2. The fourth-order valence-electron chi connectivity index (χ4n) is 5.13. The van der Waals surface area contributed by atoms with Crippen molar-refractivity contribution < 1.29 is 14.3 Å². The van der Waals surface area contributed by atoms with Crippen molar-refractivity contribution in [2.24, 2.45) is 5.92 Å². The Hall–Kier alpha value is -3.51. The molecule has 0 saturated heterocycles. The summed E-state index contributed by atoms with van der Waals surface area (Å²) in [5.74, 6) is -0.0371.